The molecule has 396 valence electrons. The van der Waals surface area contributed by atoms with Gasteiger partial charge in [0.05, 0.1) is 60.1 Å². The molecule has 18 atom stereocenters. The molecular weight excluding hydrogens is 989 g/mol. The number of benzene rings is 4. The molecule has 3 heterocycles. The summed E-state index contributed by atoms with van der Waals surface area (Å²) < 4.78 is 78.4. The maximum Gasteiger partial charge on any atom is 0.309 e. The highest BCUT2D eigenvalue weighted by Crippen LogP contribution is 2.47. The van der Waals surface area contributed by atoms with Crippen molar-refractivity contribution < 1.29 is 102 Å². The fraction of sp³-hybridized carbons (Fsp3) is 0.480. The number of halogens is 2. The van der Waals surface area contributed by atoms with E-state index in [1.54, 1.807) is 24.3 Å². The average molecular weight is 1050 g/mol. The van der Waals surface area contributed by atoms with E-state index in [2.05, 4.69) is 0 Å². The number of carbonyl (C=O) groups excluding carboxylic acids is 1. The standard InChI is InChI=1S/C50H57F2NO19S/c51-27-9-5-25(6-10-27)33(69-34-19-32(49(65)66)39(56)43(60)40(34)57)18-17-31-38(53(48(31)64)29-13-11-28(52)12-14-29)26-3-1-23(2-4-26)24-7-15-30(16-8-24)73(67,68)22-37-42(59)45(62)47(36(21-55)70-37)72-50-46(63)44(61)41(58)35(20-54)71-50/h1-16,31-47,50,54-63H,17-22H2,(H,65,66)/t31-,32?,33+,34-,35?,36?,37+,38-,39-,40?,41-,42?,43+,44+,45-,46?,47-,50+/m1/s1. The number of carboxylic acids is 1. The van der Waals surface area contributed by atoms with Gasteiger partial charge in [0.2, 0.25) is 5.91 Å². The van der Waals surface area contributed by atoms with Crippen molar-refractivity contribution in [3.8, 4) is 11.1 Å². The van der Waals surface area contributed by atoms with Gasteiger partial charge < -0.3 is 80.0 Å². The topological polar surface area (TPSA) is 331 Å². The van der Waals surface area contributed by atoms with E-state index >= 15 is 0 Å². The van der Waals surface area contributed by atoms with Crippen LogP contribution in [0.4, 0.5) is 14.5 Å². The monoisotopic (exact) mass is 1050 g/mol. The Labute approximate surface area is 416 Å². The third kappa shape index (κ3) is 11.2. The number of aliphatic hydroxyl groups excluding tert-OH is 10. The number of hydrogen-bond donors (Lipinski definition) is 11. The lowest BCUT2D eigenvalue weighted by Crippen LogP contribution is -2.65. The van der Waals surface area contributed by atoms with E-state index in [1.165, 1.54) is 77.7 Å². The van der Waals surface area contributed by atoms with E-state index in [9.17, 15) is 83.0 Å². The minimum atomic E-state index is -4.25. The summed E-state index contributed by atoms with van der Waals surface area (Å²) in [6, 6.07) is 22.8. The number of anilines is 1. The first-order chi connectivity index (χ1) is 34.7. The van der Waals surface area contributed by atoms with E-state index < -0.39 is 156 Å². The van der Waals surface area contributed by atoms with Crippen LogP contribution in [0.5, 0.6) is 0 Å². The molecule has 11 N–H and O–H groups in total. The number of ether oxygens (including phenoxy) is 4. The van der Waals surface area contributed by atoms with Crippen LogP contribution in [0.2, 0.25) is 0 Å². The Hall–Kier alpha value is -4.93. The summed E-state index contributed by atoms with van der Waals surface area (Å²) in [4.78, 5) is 27.3. The SMILES string of the molecule is O=C(O)C1C[C@@H](O[C@@H](CC[C@H]2C(=O)N(c3ccc(F)cc3)[C@@H]2c2ccc(-c3ccc(S(=O)(=O)C[C@@H]4OC(CO)[C@@H](O[C@@H]5OC(CO)[C@@H](O)[C@H](O)C5O)[C@H](O)C4O)cc3)cc2)c2ccc(F)cc2)C(O)[C@@H](O)[C@@H]1O. The molecule has 4 aromatic carbocycles. The summed E-state index contributed by atoms with van der Waals surface area (Å²) in [6.45, 7) is -1.63. The quantitative estimate of drug-likeness (QED) is 0.0614. The maximum absolute atomic E-state index is 14.1. The van der Waals surface area contributed by atoms with Crippen LogP contribution in [0, 0.1) is 23.5 Å². The van der Waals surface area contributed by atoms with Crippen molar-refractivity contribution >= 4 is 27.4 Å². The molecule has 8 rings (SSSR count). The summed E-state index contributed by atoms with van der Waals surface area (Å²) >= 11 is 0. The molecule has 4 aromatic rings. The lowest BCUT2D eigenvalue weighted by atomic mass is 9.77. The first-order valence-electron chi connectivity index (χ1n) is 23.5. The maximum atomic E-state index is 14.1. The fourth-order valence-electron chi connectivity index (χ4n) is 10.0. The number of rotatable bonds is 17. The number of amides is 1. The van der Waals surface area contributed by atoms with Crippen LogP contribution in [-0.2, 0) is 38.4 Å². The van der Waals surface area contributed by atoms with E-state index in [0.29, 0.717) is 27.9 Å². The van der Waals surface area contributed by atoms with Crippen molar-refractivity contribution in [2.24, 2.45) is 11.8 Å². The van der Waals surface area contributed by atoms with Crippen molar-refractivity contribution in [1.29, 1.82) is 0 Å². The Morgan fingerprint density at radius 3 is 1.82 bits per heavy atom. The van der Waals surface area contributed by atoms with Gasteiger partial charge in [0.25, 0.3) is 0 Å². The van der Waals surface area contributed by atoms with E-state index in [-0.39, 0.29) is 30.1 Å². The van der Waals surface area contributed by atoms with Crippen molar-refractivity contribution in [3.05, 3.63) is 120 Å². The number of sulfone groups is 1. The number of carbonyl (C=O) groups is 2. The van der Waals surface area contributed by atoms with Crippen LogP contribution in [0.3, 0.4) is 0 Å². The molecule has 3 aliphatic heterocycles. The molecule has 3 saturated heterocycles. The van der Waals surface area contributed by atoms with Gasteiger partial charge in [-0.05, 0) is 90.0 Å². The smallest absolute Gasteiger partial charge is 0.309 e. The Kier molecular flexibility index (Phi) is 16.7. The normalized spacial score (nSPS) is 34.3. The minimum Gasteiger partial charge on any atom is -0.481 e. The minimum absolute atomic E-state index is 0.0949. The molecule has 0 spiro atoms. The number of hydrogen-bond acceptors (Lipinski definition) is 18. The lowest BCUT2D eigenvalue weighted by molar-refractivity contribution is -0.341. The highest BCUT2D eigenvalue weighted by Gasteiger charge is 2.52. The first kappa shape index (κ1) is 54.3. The highest BCUT2D eigenvalue weighted by molar-refractivity contribution is 7.91. The molecule has 4 aliphatic rings. The second kappa shape index (κ2) is 22.5. The van der Waals surface area contributed by atoms with Crippen molar-refractivity contribution in [3.63, 3.8) is 0 Å². The van der Waals surface area contributed by atoms with Gasteiger partial charge in [-0.1, -0.05) is 48.5 Å². The molecule has 4 fully saturated rings. The lowest BCUT2D eigenvalue weighted by Gasteiger charge is -2.48. The zero-order chi connectivity index (χ0) is 52.6. The van der Waals surface area contributed by atoms with Gasteiger partial charge in [-0.25, -0.2) is 17.2 Å². The van der Waals surface area contributed by atoms with Crippen LogP contribution in [-0.4, -0.2) is 181 Å². The van der Waals surface area contributed by atoms with Gasteiger partial charge in [-0.15, -0.1) is 0 Å². The second-order valence-corrected chi connectivity index (χ2v) is 20.8. The molecule has 1 saturated carbocycles. The molecule has 23 heteroatoms. The molecule has 6 unspecified atom stereocenters. The van der Waals surface area contributed by atoms with E-state index in [0.717, 1.165) is 0 Å². The van der Waals surface area contributed by atoms with Crippen molar-refractivity contribution in [1.82, 2.24) is 0 Å². The van der Waals surface area contributed by atoms with E-state index in [4.69, 9.17) is 18.9 Å². The molecule has 0 radical (unpaired) electrons. The predicted octanol–water partition coefficient (Wildman–Crippen LogP) is -0.130. The van der Waals surface area contributed by atoms with Crippen LogP contribution in [0.25, 0.3) is 11.1 Å². The predicted molar refractivity (Wildman–Crippen MR) is 247 cm³/mol. The summed E-state index contributed by atoms with van der Waals surface area (Å²) in [5.41, 5.74) is 2.72. The molecule has 1 aliphatic carbocycles. The Morgan fingerprint density at radius 1 is 0.671 bits per heavy atom. The molecule has 0 bridgehead atoms. The Morgan fingerprint density at radius 2 is 1.23 bits per heavy atom. The van der Waals surface area contributed by atoms with Crippen LogP contribution >= 0.6 is 0 Å². The van der Waals surface area contributed by atoms with Gasteiger partial charge >= 0.3 is 5.97 Å². The van der Waals surface area contributed by atoms with Crippen LogP contribution in [0.1, 0.15) is 42.5 Å². The first-order valence-corrected chi connectivity index (χ1v) is 25.2. The van der Waals surface area contributed by atoms with Gasteiger partial charge in [0.15, 0.2) is 16.1 Å². The van der Waals surface area contributed by atoms with E-state index in [1.807, 2.05) is 0 Å². The highest BCUT2D eigenvalue weighted by atomic mass is 32.2. The van der Waals surface area contributed by atoms with Gasteiger partial charge in [-0.3, -0.25) is 9.59 Å². The van der Waals surface area contributed by atoms with Gasteiger partial charge in [-0.2, -0.15) is 0 Å². The third-order valence-electron chi connectivity index (χ3n) is 14.2. The Bertz CT molecular complexity index is 2630. The molecule has 0 aromatic heterocycles. The number of nitrogens with zero attached hydrogens (tertiary/aromatic N) is 1. The molecule has 1 amide bonds. The van der Waals surface area contributed by atoms with Crippen molar-refractivity contribution in [2.45, 2.75) is 122 Å². The van der Waals surface area contributed by atoms with Crippen LogP contribution < -0.4 is 4.90 Å². The molecular formula is C50H57F2NO19S. The molecule has 20 nitrogen and oxygen atoms in total. The van der Waals surface area contributed by atoms with Crippen LogP contribution in [0.15, 0.2) is 102 Å². The summed E-state index contributed by atoms with van der Waals surface area (Å²) in [6.07, 6.45) is -24.6. The number of β-lactam (4-membered cyclic amide) rings is 1. The van der Waals surface area contributed by atoms with Crippen molar-refractivity contribution in [2.75, 3.05) is 23.9 Å². The second-order valence-electron chi connectivity index (χ2n) is 18.8. The summed E-state index contributed by atoms with van der Waals surface area (Å²) in [7, 11) is -4.25. The fourth-order valence-corrected chi connectivity index (χ4v) is 11.5. The number of aliphatic carboxylic acids is 1. The number of aliphatic hydroxyl groups is 10. The zero-order valence-electron chi connectivity index (χ0n) is 38.7. The third-order valence-corrected chi connectivity index (χ3v) is 16.0. The summed E-state index contributed by atoms with van der Waals surface area (Å²) in [5, 5.41) is 114. The Balaban J connectivity index is 0.966. The summed E-state index contributed by atoms with van der Waals surface area (Å²) in [5.74, 6) is -5.81. The van der Waals surface area contributed by atoms with Gasteiger partial charge in [0.1, 0.15) is 78.8 Å². The molecule has 73 heavy (non-hydrogen) atoms. The van der Waals surface area contributed by atoms with Gasteiger partial charge in [0, 0.05) is 5.69 Å². The largest absolute Gasteiger partial charge is 0.481 e. The number of carboxylic acid groups (broad SMARTS) is 1. The zero-order valence-corrected chi connectivity index (χ0v) is 39.5. The average Bonchev–Trinajstić information content (AvgIpc) is 3.38.